The van der Waals surface area contributed by atoms with Gasteiger partial charge in [0.05, 0.1) is 6.10 Å². The van der Waals surface area contributed by atoms with Crippen LogP contribution in [0.25, 0.3) is 0 Å². The molecule has 4 nitrogen and oxygen atoms in total. The van der Waals surface area contributed by atoms with Crippen molar-refractivity contribution in [1.29, 1.82) is 0 Å². The van der Waals surface area contributed by atoms with Crippen LogP contribution in [0.1, 0.15) is 24.9 Å². The minimum absolute atomic E-state index is 0.225. The Kier molecular flexibility index (Phi) is 4.62. The fourth-order valence-corrected chi connectivity index (χ4v) is 2.93. The van der Waals surface area contributed by atoms with Gasteiger partial charge in [0.1, 0.15) is 5.82 Å². The van der Waals surface area contributed by atoms with Crippen molar-refractivity contribution in [3.63, 3.8) is 0 Å². The normalized spacial score (nSPS) is 24.4. The lowest BCUT2D eigenvalue weighted by Gasteiger charge is -2.31. The molecule has 0 amide bonds. The van der Waals surface area contributed by atoms with Crippen molar-refractivity contribution in [2.45, 2.75) is 31.5 Å². The molecule has 5 heteroatoms. The first-order valence-corrected chi connectivity index (χ1v) is 7.03. The summed E-state index contributed by atoms with van der Waals surface area (Å²) in [4.78, 5) is 4.26. The molecule has 1 aromatic carbocycles. The molecule has 1 aliphatic heterocycles. The van der Waals surface area contributed by atoms with Crippen LogP contribution in [0, 0.1) is 5.82 Å². The molecule has 0 saturated carbocycles. The second-order valence-electron chi connectivity index (χ2n) is 5.95. The topological polar surface area (TPSA) is 52.7 Å². The maximum absolute atomic E-state index is 13.4. The Balaban J connectivity index is 2.33. The van der Waals surface area contributed by atoms with Gasteiger partial charge in [-0.15, -0.1) is 0 Å². The Hall–Kier alpha value is -1.17. The number of β-amino-alcohol motifs (C(OH)–C–C–N with tert-alkyl or cyclic N) is 1. The summed E-state index contributed by atoms with van der Waals surface area (Å²) in [5.41, 5.74) is 7.70. The quantitative estimate of drug-likeness (QED) is 0.874. The summed E-state index contributed by atoms with van der Waals surface area (Å²) in [7, 11) is 4.03. The van der Waals surface area contributed by atoms with Crippen LogP contribution in [0.5, 0.6) is 0 Å². The summed E-state index contributed by atoms with van der Waals surface area (Å²) >= 11 is 0. The van der Waals surface area contributed by atoms with Crippen molar-refractivity contribution in [2.24, 2.45) is 5.73 Å². The molecule has 1 aromatic rings. The fraction of sp³-hybridized carbons (Fsp3) is 0.600. The van der Waals surface area contributed by atoms with Crippen LogP contribution in [0.15, 0.2) is 18.2 Å². The molecule has 1 heterocycles. The third kappa shape index (κ3) is 3.29. The lowest BCUT2D eigenvalue weighted by Crippen LogP contribution is -2.38. The zero-order valence-electron chi connectivity index (χ0n) is 12.4. The summed E-state index contributed by atoms with van der Waals surface area (Å²) in [5.74, 6) is -0.273. The summed E-state index contributed by atoms with van der Waals surface area (Å²) in [6.45, 7) is 3.28. The first-order chi connectivity index (χ1) is 9.38. The van der Waals surface area contributed by atoms with E-state index in [1.807, 2.05) is 21.0 Å². The average molecular weight is 281 g/mol. The minimum atomic E-state index is -0.342. The van der Waals surface area contributed by atoms with Crippen molar-refractivity contribution in [1.82, 2.24) is 4.90 Å². The fourth-order valence-electron chi connectivity index (χ4n) is 2.93. The molecule has 112 valence electrons. The molecule has 1 saturated heterocycles. The predicted molar refractivity (Wildman–Crippen MR) is 79.3 cm³/mol. The van der Waals surface area contributed by atoms with Crippen LogP contribution in [-0.2, 0) is 0 Å². The minimum Gasteiger partial charge on any atom is -0.391 e. The highest BCUT2D eigenvalue weighted by atomic mass is 19.1. The zero-order chi connectivity index (χ0) is 14.9. The van der Waals surface area contributed by atoms with Crippen LogP contribution in [0.4, 0.5) is 10.1 Å². The highest BCUT2D eigenvalue weighted by Gasteiger charge is 2.32. The highest BCUT2D eigenvalue weighted by Crippen LogP contribution is 2.32. The monoisotopic (exact) mass is 281 g/mol. The van der Waals surface area contributed by atoms with Gasteiger partial charge in [-0.1, -0.05) is 0 Å². The van der Waals surface area contributed by atoms with Crippen LogP contribution in [0.2, 0.25) is 0 Å². The summed E-state index contributed by atoms with van der Waals surface area (Å²) in [6.07, 6.45) is 0.388. The van der Waals surface area contributed by atoms with Crippen molar-refractivity contribution < 1.29 is 9.50 Å². The van der Waals surface area contributed by atoms with Gasteiger partial charge in [-0.3, -0.25) is 0 Å². The van der Waals surface area contributed by atoms with E-state index in [1.54, 1.807) is 6.07 Å². The number of rotatable bonds is 4. The Labute approximate surface area is 120 Å². The molecule has 20 heavy (non-hydrogen) atoms. The number of aliphatic hydroxyl groups is 1. The number of nitrogens with two attached hydrogens (primary N) is 1. The molecule has 1 fully saturated rings. The zero-order valence-corrected chi connectivity index (χ0v) is 12.4. The SMILES string of the molecule is CC(N)c1cc(F)ccc1N1CC(O)CC1CN(C)C. The lowest BCUT2D eigenvalue weighted by atomic mass is 10.0. The number of benzene rings is 1. The maximum atomic E-state index is 13.4. The van der Waals surface area contributed by atoms with Gasteiger partial charge in [-0.05, 0) is 51.2 Å². The third-order valence-electron chi connectivity index (χ3n) is 3.76. The van der Waals surface area contributed by atoms with Crippen molar-refractivity contribution >= 4 is 5.69 Å². The molecule has 2 rings (SSSR count). The second-order valence-corrected chi connectivity index (χ2v) is 5.95. The van der Waals surface area contributed by atoms with Crippen LogP contribution in [-0.4, -0.2) is 49.3 Å². The van der Waals surface area contributed by atoms with Gasteiger partial charge < -0.3 is 20.6 Å². The Morgan fingerprint density at radius 1 is 1.50 bits per heavy atom. The molecular weight excluding hydrogens is 257 g/mol. The lowest BCUT2D eigenvalue weighted by molar-refractivity contribution is 0.191. The average Bonchev–Trinajstić information content (AvgIpc) is 2.69. The molecule has 0 radical (unpaired) electrons. The number of hydrogen-bond acceptors (Lipinski definition) is 4. The molecule has 1 aliphatic rings. The molecule has 0 aromatic heterocycles. The first-order valence-electron chi connectivity index (χ1n) is 7.03. The van der Waals surface area contributed by atoms with Gasteiger partial charge in [0.25, 0.3) is 0 Å². The predicted octanol–water partition coefficient (Wildman–Crippen LogP) is 1.35. The van der Waals surface area contributed by atoms with Crippen LogP contribution < -0.4 is 10.6 Å². The van der Waals surface area contributed by atoms with Gasteiger partial charge in [-0.25, -0.2) is 4.39 Å². The number of hydrogen-bond donors (Lipinski definition) is 2. The Bertz CT molecular complexity index is 464. The molecule has 0 spiro atoms. The molecular formula is C15H24FN3O. The van der Waals surface area contributed by atoms with E-state index in [-0.39, 0.29) is 24.0 Å². The molecule has 0 bridgehead atoms. The third-order valence-corrected chi connectivity index (χ3v) is 3.76. The maximum Gasteiger partial charge on any atom is 0.123 e. The van der Waals surface area contributed by atoms with Crippen LogP contribution >= 0.6 is 0 Å². The van der Waals surface area contributed by atoms with Gasteiger partial charge in [0.2, 0.25) is 0 Å². The van der Waals surface area contributed by atoms with E-state index in [0.29, 0.717) is 6.54 Å². The Morgan fingerprint density at radius 3 is 2.80 bits per heavy atom. The van der Waals surface area contributed by atoms with Gasteiger partial charge in [0.15, 0.2) is 0 Å². The number of anilines is 1. The molecule has 3 unspecified atom stereocenters. The van der Waals surface area contributed by atoms with Gasteiger partial charge >= 0.3 is 0 Å². The largest absolute Gasteiger partial charge is 0.391 e. The van der Waals surface area contributed by atoms with Crippen molar-refractivity contribution in [3.8, 4) is 0 Å². The van der Waals surface area contributed by atoms with Crippen molar-refractivity contribution in [3.05, 3.63) is 29.6 Å². The van der Waals surface area contributed by atoms with E-state index in [4.69, 9.17) is 5.73 Å². The van der Waals surface area contributed by atoms with E-state index in [1.165, 1.54) is 12.1 Å². The number of aliphatic hydroxyl groups excluding tert-OH is 1. The van der Waals surface area contributed by atoms with Crippen LogP contribution in [0.3, 0.4) is 0 Å². The van der Waals surface area contributed by atoms with E-state index in [2.05, 4.69) is 9.80 Å². The number of nitrogens with zero attached hydrogens (tertiary/aromatic N) is 2. The molecule has 0 aliphatic carbocycles. The second kappa shape index (κ2) is 6.08. The van der Waals surface area contributed by atoms with Gasteiger partial charge in [-0.2, -0.15) is 0 Å². The number of halogens is 1. The van der Waals surface area contributed by atoms with E-state index >= 15 is 0 Å². The summed E-state index contributed by atoms with van der Waals surface area (Å²) < 4.78 is 13.4. The highest BCUT2D eigenvalue weighted by molar-refractivity contribution is 5.57. The van der Waals surface area contributed by atoms with Crippen molar-refractivity contribution in [2.75, 3.05) is 32.1 Å². The Morgan fingerprint density at radius 2 is 2.20 bits per heavy atom. The molecule has 3 N–H and O–H groups in total. The van der Waals surface area contributed by atoms with E-state index in [0.717, 1.165) is 24.2 Å². The van der Waals surface area contributed by atoms with Gasteiger partial charge in [0, 0.05) is 30.9 Å². The standard InChI is InChI=1S/C15H24FN3O/c1-10(17)14-6-11(16)4-5-15(14)19-9-13(20)7-12(19)8-18(2)3/h4-6,10,12-13,20H,7-9,17H2,1-3H3. The smallest absolute Gasteiger partial charge is 0.123 e. The molecule has 3 atom stereocenters. The van der Waals surface area contributed by atoms with E-state index in [9.17, 15) is 9.50 Å². The number of likely N-dealkylation sites (N-methyl/N-ethyl adjacent to an activating group) is 1. The summed E-state index contributed by atoms with van der Waals surface area (Å²) in [5, 5.41) is 9.96. The van der Waals surface area contributed by atoms with E-state index < -0.39 is 0 Å². The summed E-state index contributed by atoms with van der Waals surface area (Å²) in [6, 6.07) is 4.71. The first kappa shape index (κ1) is 15.2.